The molecular formula is C25H24N2O5. The van der Waals surface area contributed by atoms with Crippen LogP contribution in [0.3, 0.4) is 0 Å². The zero-order valence-electron chi connectivity index (χ0n) is 17.9. The molecule has 3 aromatic rings. The molecule has 32 heavy (non-hydrogen) atoms. The highest BCUT2D eigenvalue weighted by Gasteiger charge is 2.13. The van der Waals surface area contributed by atoms with E-state index in [-0.39, 0.29) is 12.5 Å². The number of esters is 1. The van der Waals surface area contributed by atoms with E-state index >= 15 is 0 Å². The van der Waals surface area contributed by atoms with Crippen LogP contribution in [0.25, 0.3) is 0 Å². The number of ether oxygens (including phenoxy) is 3. The predicted molar refractivity (Wildman–Crippen MR) is 121 cm³/mol. The third-order valence-corrected chi connectivity index (χ3v) is 4.33. The molecule has 3 rings (SSSR count). The number of nitrogens with zero attached hydrogens (tertiary/aromatic N) is 1. The van der Waals surface area contributed by atoms with Gasteiger partial charge >= 0.3 is 5.97 Å². The second-order valence-corrected chi connectivity index (χ2v) is 6.74. The van der Waals surface area contributed by atoms with Crippen molar-refractivity contribution in [1.29, 1.82) is 0 Å². The molecule has 0 spiro atoms. The fraction of sp³-hybridized carbons (Fsp3) is 0.160. The van der Waals surface area contributed by atoms with Crippen LogP contribution in [0, 0.1) is 6.92 Å². The fourth-order valence-electron chi connectivity index (χ4n) is 2.76. The molecule has 0 aliphatic carbocycles. The molecule has 0 fully saturated rings. The first-order chi connectivity index (χ1) is 15.6. The number of carbonyl (C=O) groups is 2. The van der Waals surface area contributed by atoms with Crippen molar-refractivity contribution in [3.8, 4) is 17.2 Å². The minimum Gasteiger partial charge on any atom is -0.490 e. The highest BCUT2D eigenvalue weighted by Crippen LogP contribution is 2.29. The van der Waals surface area contributed by atoms with Gasteiger partial charge in [0, 0.05) is 0 Å². The van der Waals surface area contributed by atoms with Crippen molar-refractivity contribution in [2.75, 3.05) is 13.2 Å². The number of aryl methyl sites for hydroxylation is 1. The fourth-order valence-corrected chi connectivity index (χ4v) is 2.76. The summed E-state index contributed by atoms with van der Waals surface area (Å²) in [6, 6.07) is 21.2. The van der Waals surface area contributed by atoms with Crippen LogP contribution in [0.15, 0.2) is 77.9 Å². The maximum absolute atomic E-state index is 12.3. The van der Waals surface area contributed by atoms with Crippen LogP contribution in [0.4, 0.5) is 0 Å². The summed E-state index contributed by atoms with van der Waals surface area (Å²) in [5.41, 5.74) is 4.47. The molecule has 0 aliphatic rings. The number of hydrogen-bond donors (Lipinski definition) is 1. The van der Waals surface area contributed by atoms with Gasteiger partial charge in [-0.25, -0.2) is 10.2 Å². The van der Waals surface area contributed by atoms with Crippen molar-refractivity contribution < 1.29 is 23.8 Å². The molecule has 1 amide bonds. The molecule has 164 valence electrons. The lowest BCUT2D eigenvalue weighted by molar-refractivity contribution is -0.123. The van der Waals surface area contributed by atoms with Gasteiger partial charge in [0.2, 0.25) is 0 Å². The van der Waals surface area contributed by atoms with E-state index in [9.17, 15) is 9.59 Å². The zero-order valence-corrected chi connectivity index (χ0v) is 17.9. The summed E-state index contributed by atoms with van der Waals surface area (Å²) in [4.78, 5) is 24.3. The average Bonchev–Trinajstić information content (AvgIpc) is 2.81. The number of hydrazone groups is 1. The van der Waals surface area contributed by atoms with Crippen LogP contribution in [-0.2, 0) is 4.79 Å². The molecular weight excluding hydrogens is 408 g/mol. The highest BCUT2D eigenvalue weighted by molar-refractivity contribution is 5.91. The smallest absolute Gasteiger partial charge is 0.343 e. The Bertz CT molecular complexity index is 1100. The third kappa shape index (κ3) is 6.43. The molecule has 0 saturated carbocycles. The molecule has 0 atom stereocenters. The largest absolute Gasteiger partial charge is 0.490 e. The summed E-state index contributed by atoms with van der Waals surface area (Å²) in [5.74, 6) is 0.480. The molecule has 7 nitrogen and oxygen atoms in total. The highest BCUT2D eigenvalue weighted by atomic mass is 16.6. The molecule has 0 radical (unpaired) electrons. The van der Waals surface area contributed by atoms with Crippen LogP contribution < -0.4 is 19.6 Å². The Balaban J connectivity index is 1.59. The van der Waals surface area contributed by atoms with E-state index in [4.69, 9.17) is 14.2 Å². The van der Waals surface area contributed by atoms with E-state index in [1.807, 2.05) is 38.1 Å². The molecule has 0 aliphatic heterocycles. The summed E-state index contributed by atoms with van der Waals surface area (Å²) in [6.07, 6.45) is 1.47. The minimum absolute atomic E-state index is 0.152. The van der Waals surface area contributed by atoms with Gasteiger partial charge in [-0.15, -0.1) is 0 Å². The van der Waals surface area contributed by atoms with Crippen molar-refractivity contribution in [2.45, 2.75) is 13.8 Å². The number of benzene rings is 3. The standard InChI is InChI=1S/C25H24N2O5/c1-3-30-23-15-19(13-14-22(23)32-25(29)20-10-5-4-6-11-20)16-26-27-24(28)17-31-21-12-8-7-9-18(21)2/h4-16H,3,17H2,1-2H3,(H,27,28). The quantitative estimate of drug-likeness (QED) is 0.238. The molecule has 3 aromatic carbocycles. The molecule has 0 aromatic heterocycles. The van der Waals surface area contributed by atoms with Crippen molar-refractivity contribution in [1.82, 2.24) is 5.43 Å². The van der Waals surface area contributed by atoms with Crippen LogP contribution in [0.5, 0.6) is 17.2 Å². The van der Waals surface area contributed by atoms with E-state index in [1.165, 1.54) is 6.21 Å². The van der Waals surface area contributed by atoms with Gasteiger partial charge in [-0.1, -0.05) is 36.4 Å². The molecule has 0 heterocycles. The summed E-state index contributed by atoms with van der Waals surface area (Å²) in [7, 11) is 0. The van der Waals surface area contributed by atoms with Crippen LogP contribution in [0.1, 0.15) is 28.4 Å². The SMILES string of the molecule is CCOc1cc(C=NNC(=O)COc2ccccc2C)ccc1OC(=O)c1ccccc1. The summed E-state index contributed by atoms with van der Waals surface area (Å²) < 4.78 is 16.6. The number of hydrogen-bond acceptors (Lipinski definition) is 6. The zero-order chi connectivity index (χ0) is 22.8. The molecule has 0 bridgehead atoms. The van der Waals surface area contributed by atoms with Crippen molar-refractivity contribution in [2.24, 2.45) is 5.10 Å². The number of nitrogens with one attached hydrogen (secondary N) is 1. The Hall–Kier alpha value is -4.13. The summed E-state index contributed by atoms with van der Waals surface area (Å²) in [6.45, 7) is 3.98. The first-order valence-electron chi connectivity index (χ1n) is 10.1. The van der Waals surface area contributed by atoms with Gasteiger partial charge in [-0.05, 0) is 61.4 Å². The second kappa shape index (κ2) is 11.3. The number of carbonyl (C=O) groups excluding carboxylic acids is 2. The van der Waals surface area contributed by atoms with Gasteiger partial charge < -0.3 is 14.2 Å². The van der Waals surface area contributed by atoms with Gasteiger partial charge in [-0.2, -0.15) is 5.10 Å². The van der Waals surface area contributed by atoms with Gasteiger partial charge in [0.05, 0.1) is 18.4 Å². The normalized spacial score (nSPS) is 10.6. The monoisotopic (exact) mass is 432 g/mol. The predicted octanol–water partition coefficient (Wildman–Crippen LogP) is 4.14. The average molecular weight is 432 g/mol. The first-order valence-corrected chi connectivity index (χ1v) is 10.1. The Morgan fingerprint density at radius 3 is 2.41 bits per heavy atom. The Morgan fingerprint density at radius 1 is 0.906 bits per heavy atom. The minimum atomic E-state index is -0.478. The lowest BCUT2D eigenvalue weighted by atomic mass is 10.2. The van der Waals surface area contributed by atoms with Crippen LogP contribution in [0.2, 0.25) is 0 Å². The van der Waals surface area contributed by atoms with E-state index in [0.717, 1.165) is 5.56 Å². The molecule has 1 N–H and O–H groups in total. The molecule has 7 heteroatoms. The Labute approximate surface area is 186 Å². The van der Waals surface area contributed by atoms with Crippen LogP contribution in [-0.4, -0.2) is 31.3 Å². The maximum Gasteiger partial charge on any atom is 0.343 e. The first kappa shape index (κ1) is 22.6. The Kier molecular flexibility index (Phi) is 7.97. The molecule has 0 unspecified atom stereocenters. The third-order valence-electron chi connectivity index (χ3n) is 4.33. The number of para-hydroxylation sites is 1. The number of rotatable bonds is 9. The van der Waals surface area contributed by atoms with Gasteiger partial charge in [0.25, 0.3) is 5.91 Å². The second-order valence-electron chi connectivity index (χ2n) is 6.74. The van der Waals surface area contributed by atoms with Crippen molar-refractivity contribution in [3.05, 3.63) is 89.5 Å². The lowest BCUT2D eigenvalue weighted by Crippen LogP contribution is -2.24. The Morgan fingerprint density at radius 2 is 1.66 bits per heavy atom. The lowest BCUT2D eigenvalue weighted by Gasteiger charge is -2.11. The number of amides is 1. The summed E-state index contributed by atoms with van der Waals surface area (Å²) in [5, 5.41) is 3.95. The van der Waals surface area contributed by atoms with Gasteiger partial charge in [0.15, 0.2) is 18.1 Å². The summed E-state index contributed by atoms with van der Waals surface area (Å²) >= 11 is 0. The maximum atomic E-state index is 12.3. The van der Waals surface area contributed by atoms with Crippen molar-refractivity contribution in [3.63, 3.8) is 0 Å². The van der Waals surface area contributed by atoms with E-state index in [2.05, 4.69) is 10.5 Å². The van der Waals surface area contributed by atoms with E-state index in [1.54, 1.807) is 48.5 Å². The van der Waals surface area contributed by atoms with Crippen LogP contribution >= 0.6 is 0 Å². The molecule has 0 saturated heterocycles. The van der Waals surface area contributed by atoms with Gasteiger partial charge in [0.1, 0.15) is 5.75 Å². The van der Waals surface area contributed by atoms with E-state index < -0.39 is 5.97 Å². The van der Waals surface area contributed by atoms with E-state index in [0.29, 0.717) is 35.0 Å². The van der Waals surface area contributed by atoms with Crippen molar-refractivity contribution >= 4 is 18.1 Å². The van der Waals surface area contributed by atoms with Gasteiger partial charge in [-0.3, -0.25) is 4.79 Å². The topological polar surface area (TPSA) is 86.2 Å².